The average Bonchev–Trinajstić information content (AvgIpc) is 3.45. The predicted octanol–water partition coefficient (Wildman–Crippen LogP) is 4.15. The van der Waals surface area contributed by atoms with Gasteiger partial charge in [-0.2, -0.15) is 17.2 Å². The number of para-hydroxylation sites is 3. The van der Waals surface area contributed by atoms with E-state index in [9.17, 15) is 35.2 Å². The quantitative estimate of drug-likeness (QED) is 0.0798. The molecule has 238 valence electrons. The molecule has 16 heteroatoms. The number of sulfonamides is 1. The van der Waals surface area contributed by atoms with Crippen LogP contribution in [0.15, 0.2) is 92.6 Å². The predicted molar refractivity (Wildman–Crippen MR) is 160 cm³/mol. The molecule has 0 aliphatic carbocycles. The van der Waals surface area contributed by atoms with Crippen LogP contribution in [-0.2, 0) is 30.4 Å². The first-order valence-electron chi connectivity index (χ1n) is 13.5. The molecule has 4 aromatic rings. The molecule has 45 heavy (non-hydrogen) atoms. The molecule has 0 fully saturated rings. The number of carbonyl (C=O) groups excluding carboxylic acids is 2. The van der Waals surface area contributed by atoms with E-state index in [0.29, 0.717) is 11.1 Å². The number of sulfone groups is 1. The molecule has 0 saturated heterocycles. The molecular weight excluding hydrogens is 634 g/mol. The average molecular weight is 663 g/mol. The Labute approximate surface area is 257 Å². The second-order valence-corrected chi connectivity index (χ2v) is 13.4. The van der Waals surface area contributed by atoms with Gasteiger partial charge in [0.05, 0.1) is 16.4 Å². The first kappa shape index (κ1) is 33.2. The highest BCUT2D eigenvalue weighted by Crippen LogP contribution is 2.23. The van der Waals surface area contributed by atoms with Crippen LogP contribution in [0.4, 0.5) is 8.78 Å². The van der Waals surface area contributed by atoms with Crippen molar-refractivity contribution in [1.82, 2.24) is 15.4 Å². The molecular formula is C29H28F2N4O8S2. The number of hydrogen-bond acceptors (Lipinski definition) is 9. The number of hydrogen-bond donors (Lipinski definition) is 1. The summed E-state index contributed by atoms with van der Waals surface area (Å²) >= 11 is 0. The third-order valence-electron chi connectivity index (χ3n) is 6.26. The molecule has 3 aromatic carbocycles. The molecule has 12 nitrogen and oxygen atoms in total. The van der Waals surface area contributed by atoms with E-state index in [1.54, 1.807) is 30.3 Å². The van der Waals surface area contributed by atoms with Crippen LogP contribution in [0.5, 0.6) is 5.75 Å². The molecule has 1 aromatic heterocycles. The van der Waals surface area contributed by atoms with Gasteiger partial charge in [-0.25, -0.2) is 13.4 Å². The fraction of sp³-hybridized carbons (Fsp3) is 0.241. The van der Waals surface area contributed by atoms with E-state index >= 15 is 0 Å². The summed E-state index contributed by atoms with van der Waals surface area (Å²) in [5.41, 5.74) is 3.39. The van der Waals surface area contributed by atoms with Crippen LogP contribution in [0, 0.1) is 0 Å². The van der Waals surface area contributed by atoms with E-state index in [-0.39, 0.29) is 41.5 Å². The highest BCUT2D eigenvalue weighted by Gasteiger charge is 2.22. The van der Waals surface area contributed by atoms with Gasteiger partial charge in [-0.15, -0.1) is 4.40 Å². The molecule has 0 aliphatic heterocycles. The molecule has 0 radical (unpaired) electrons. The number of carbonyl (C=O) groups is 2. The summed E-state index contributed by atoms with van der Waals surface area (Å²) < 4.78 is 89.5. The lowest BCUT2D eigenvalue weighted by molar-refractivity contribution is -0.132. The fourth-order valence-electron chi connectivity index (χ4n) is 4.09. The second-order valence-electron chi connectivity index (χ2n) is 9.54. The number of fused-ring (bicyclic) bond motifs is 1. The number of amides is 1. The topological polar surface area (TPSA) is 165 Å². The van der Waals surface area contributed by atoms with E-state index in [1.165, 1.54) is 48.5 Å². The Balaban J connectivity index is 1.42. The largest absolute Gasteiger partial charge is 0.435 e. The standard InChI is InChI=1S/C29H28F2N4O8S2/c30-29(31)43-25-14-6-4-9-21(25)19-44(38,39)18-16-27(37)35(32-20-33-45(40,41)22-10-2-1-3-11-22)17-8-13-24(36)28-34-23-12-5-7-15-26(23)42-28/h1-7,9-12,14-15,20,29H,8,13,16-19H2,(H,32,33). The van der Waals surface area contributed by atoms with E-state index in [0.717, 1.165) is 11.3 Å². The highest BCUT2D eigenvalue weighted by molar-refractivity contribution is 7.90. The van der Waals surface area contributed by atoms with Crippen molar-refractivity contribution < 1.29 is 44.4 Å². The van der Waals surface area contributed by atoms with Crippen molar-refractivity contribution in [3.05, 3.63) is 90.3 Å². The number of aromatic nitrogens is 1. The van der Waals surface area contributed by atoms with Crippen LogP contribution in [0.25, 0.3) is 11.1 Å². The van der Waals surface area contributed by atoms with Crippen molar-refractivity contribution >= 4 is 49.0 Å². The summed E-state index contributed by atoms with van der Waals surface area (Å²) in [5, 5.41) is 0.937. The van der Waals surface area contributed by atoms with Gasteiger partial charge in [-0.3, -0.25) is 20.0 Å². The van der Waals surface area contributed by atoms with Crippen LogP contribution in [0.1, 0.15) is 35.5 Å². The number of nitrogens with zero attached hydrogens (tertiary/aromatic N) is 3. The van der Waals surface area contributed by atoms with Crippen LogP contribution in [-0.4, -0.2) is 63.8 Å². The number of Topliss-reactive ketones (excluding diaryl/α,β-unsaturated/α-hetero) is 1. The smallest absolute Gasteiger partial charge is 0.387 e. The first-order valence-corrected chi connectivity index (χ1v) is 16.7. The van der Waals surface area contributed by atoms with Crippen molar-refractivity contribution in [3.8, 4) is 5.75 Å². The zero-order valence-electron chi connectivity index (χ0n) is 23.6. The maximum absolute atomic E-state index is 13.1. The summed E-state index contributed by atoms with van der Waals surface area (Å²) in [6, 6.07) is 19.5. The summed E-state index contributed by atoms with van der Waals surface area (Å²) in [6.45, 7) is -3.30. The van der Waals surface area contributed by atoms with E-state index in [4.69, 9.17) is 4.42 Å². The Morgan fingerprint density at radius 2 is 1.64 bits per heavy atom. The Bertz CT molecular complexity index is 1850. The minimum Gasteiger partial charge on any atom is -0.435 e. The van der Waals surface area contributed by atoms with Crippen molar-refractivity contribution in [2.24, 2.45) is 4.40 Å². The van der Waals surface area contributed by atoms with Crippen molar-refractivity contribution in [2.75, 3.05) is 12.3 Å². The number of ether oxygens (including phenoxy) is 1. The summed E-state index contributed by atoms with van der Waals surface area (Å²) in [6.07, 6.45) is 0.193. The van der Waals surface area contributed by atoms with Crippen LogP contribution in [0.3, 0.4) is 0 Å². The normalized spacial score (nSPS) is 12.1. The van der Waals surface area contributed by atoms with E-state index in [2.05, 4.69) is 19.5 Å². The molecule has 1 N–H and O–H groups in total. The Hall–Kier alpha value is -4.70. The molecule has 0 spiro atoms. The molecule has 1 heterocycles. The number of alkyl halides is 2. The number of oxazole rings is 1. The molecule has 0 atom stereocenters. The molecule has 0 aliphatic rings. The van der Waals surface area contributed by atoms with Gasteiger partial charge < -0.3 is 9.15 Å². The second kappa shape index (κ2) is 14.9. The lowest BCUT2D eigenvalue weighted by atomic mass is 10.2. The SMILES string of the molecule is O=C(CCCN(NC=NS(=O)(=O)c1ccccc1)C(=O)CCS(=O)(=O)Cc1ccccc1OC(F)F)c1nc2ccccc2o1. The van der Waals surface area contributed by atoms with Crippen LogP contribution >= 0.6 is 0 Å². The van der Waals surface area contributed by atoms with Gasteiger partial charge >= 0.3 is 6.61 Å². The number of nitrogens with one attached hydrogen (secondary N) is 1. The van der Waals surface area contributed by atoms with Gasteiger partial charge in [0.2, 0.25) is 11.7 Å². The van der Waals surface area contributed by atoms with Gasteiger partial charge in [-0.1, -0.05) is 48.5 Å². The zero-order chi connectivity index (χ0) is 32.5. The summed E-state index contributed by atoms with van der Waals surface area (Å²) in [7, 11) is -8.10. The number of benzene rings is 3. The third kappa shape index (κ3) is 9.64. The number of ketones is 1. The Morgan fingerprint density at radius 1 is 0.956 bits per heavy atom. The van der Waals surface area contributed by atoms with Crippen molar-refractivity contribution in [1.29, 1.82) is 0 Å². The molecule has 0 saturated carbocycles. The zero-order valence-corrected chi connectivity index (χ0v) is 25.2. The van der Waals surface area contributed by atoms with Gasteiger partial charge in [-0.05, 0) is 36.8 Å². The number of rotatable bonds is 16. The lowest BCUT2D eigenvalue weighted by Crippen LogP contribution is -2.43. The van der Waals surface area contributed by atoms with Crippen molar-refractivity contribution in [3.63, 3.8) is 0 Å². The van der Waals surface area contributed by atoms with E-state index < -0.39 is 56.1 Å². The van der Waals surface area contributed by atoms with Gasteiger partial charge in [0.25, 0.3) is 15.9 Å². The fourth-order valence-corrected chi connectivity index (χ4v) is 6.25. The van der Waals surface area contributed by atoms with Crippen LogP contribution in [0.2, 0.25) is 0 Å². The van der Waals surface area contributed by atoms with Gasteiger partial charge in [0.1, 0.15) is 17.6 Å². The third-order valence-corrected chi connectivity index (χ3v) is 9.08. The number of halogens is 2. The van der Waals surface area contributed by atoms with Crippen molar-refractivity contribution in [2.45, 2.75) is 36.5 Å². The molecule has 0 unspecified atom stereocenters. The summed E-state index contributed by atoms with van der Waals surface area (Å²) in [4.78, 5) is 29.8. The van der Waals surface area contributed by atoms with Gasteiger partial charge in [0.15, 0.2) is 15.4 Å². The lowest BCUT2D eigenvalue weighted by Gasteiger charge is -2.22. The van der Waals surface area contributed by atoms with Gasteiger partial charge in [0, 0.05) is 24.9 Å². The van der Waals surface area contributed by atoms with Crippen LogP contribution < -0.4 is 10.2 Å². The molecule has 4 rings (SSSR count). The monoisotopic (exact) mass is 662 g/mol. The minimum absolute atomic E-state index is 0.00353. The maximum atomic E-state index is 13.1. The first-order chi connectivity index (χ1) is 21.4. The minimum atomic E-state index is -4.11. The van der Waals surface area contributed by atoms with E-state index in [1.807, 2.05) is 0 Å². The maximum Gasteiger partial charge on any atom is 0.387 e. The number of hydrazine groups is 1. The highest BCUT2D eigenvalue weighted by atomic mass is 32.2. The molecule has 1 amide bonds. The summed E-state index contributed by atoms with van der Waals surface area (Å²) in [5.74, 6) is -2.93. The Morgan fingerprint density at radius 3 is 2.38 bits per heavy atom. The molecule has 0 bridgehead atoms. The Kier molecular flexibility index (Phi) is 11.0.